The van der Waals surface area contributed by atoms with Crippen molar-refractivity contribution in [3.63, 3.8) is 0 Å². The van der Waals surface area contributed by atoms with Crippen LogP contribution in [0.4, 0.5) is 17.1 Å². The Balaban J connectivity index is 2.62. The van der Waals surface area contributed by atoms with Crippen molar-refractivity contribution in [1.82, 2.24) is 0 Å². The molecule has 2 rings (SSSR count). The Bertz CT molecular complexity index is 926. The lowest BCUT2D eigenvalue weighted by atomic mass is 10.1. The maximum absolute atomic E-state index is 12.7. The van der Waals surface area contributed by atoms with Crippen molar-refractivity contribution in [1.29, 1.82) is 0 Å². The van der Waals surface area contributed by atoms with Crippen molar-refractivity contribution in [2.75, 3.05) is 11.4 Å². The maximum atomic E-state index is 12.7. The summed E-state index contributed by atoms with van der Waals surface area (Å²) in [5.41, 5.74) is -0.584. The first-order valence-corrected chi connectivity index (χ1v) is 8.08. The molecule has 126 valence electrons. The average Bonchev–Trinajstić information content (AvgIpc) is 2.54. The fraction of sp³-hybridized carbons (Fsp3) is 0.143. The molecule has 0 N–H and O–H groups in total. The highest BCUT2D eigenvalue weighted by Gasteiger charge is 2.31. The van der Waals surface area contributed by atoms with Crippen molar-refractivity contribution in [2.24, 2.45) is 0 Å². The zero-order valence-corrected chi connectivity index (χ0v) is 13.6. The molecule has 0 heterocycles. The van der Waals surface area contributed by atoms with E-state index in [1.165, 1.54) is 44.3 Å². The molecule has 0 aliphatic rings. The molecule has 2 aromatic rings. The van der Waals surface area contributed by atoms with Crippen LogP contribution in [0.1, 0.15) is 5.56 Å². The highest BCUT2D eigenvalue weighted by Crippen LogP contribution is 2.33. The minimum atomic E-state index is -4.26. The van der Waals surface area contributed by atoms with Gasteiger partial charge in [0.25, 0.3) is 21.4 Å². The van der Waals surface area contributed by atoms with Gasteiger partial charge in [-0.2, -0.15) is 0 Å². The minimum absolute atomic E-state index is 0.0716. The largest absolute Gasteiger partial charge is 0.289 e. The third kappa shape index (κ3) is 2.91. The van der Waals surface area contributed by atoms with Gasteiger partial charge < -0.3 is 0 Å². The summed E-state index contributed by atoms with van der Waals surface area (Å²) in [5.74, 6) is 0. The predicted octanol–water partition coefficient (Wildman–Crippen LogP) is 2.64. The topological polar surface area (TPSA) is 124 Å². The lowest BCUT2D eigenvalue weighted by Gasteiger charge is -2.21. The molecule has 10 heteroatoms. The van der Waals surface area contributed by atoms with E-state index in [2.05, 4.69) is 0 Å². The van der Waals surface area contributed by atoms with Gasteiger partial charge in [-0.25, -0.2) is 8.42 Å². The predicted molar refractivity (Wildman–Crippen MR) is 86.5 cm³/mol. The second-order valence-corrected chi connectivity index (χ2v) is 6.81. The highest BCUT2D eigenvalue weighted by molar-refractivity contribution is 7.93. The van der Waals surface area contributed by atoms with Crippen LogP contribution >= 0.6 is 0 Å². The molecule has 0 aliphatic heterocycles. The summed E-state index contributed by atoms with van der Waals surface area (Å²) in [6, 6.07) is 8.94. The molecule has 0 bridgehead atoms. The Labute approximate surface area is 137 Å². The van der Waals surface area contributed by atoms with E-state index in [0.717, 1.165) is 16.4 Å². The number of sulfonamides is 1. The van der Waals surface area contributed by atoms with Gasteiger partial charge in [-0.15, -0.1) is 0 Å². The number of hydrogen-bond acceptors (Lipinski definition) is 6. The maximum Gasteiger partial charge on any atom is 0.289 e. The van der Waals surface area contributed by atoms with Crippen molar-refractivity contribution in [2.45, 2.75) is 11.8 Å². The van der Waals surface area contributed by atoms with Crippen molar-refractivity contribution in [3.8, 4) is 0 Å². The summed E-state index contributed by atoms with van der Waals surface area (Å²) in [6.07, 6.45) is 0. The minimum Gasteiger partial charge on any atom is -0.269 e. The number of anilines is 1. The van der Waals surface area contributed by atoms with Gasteiger partial charge in [0.1, 0.15) is 0 Å². The molecule has 0 saturated carbocycles. The Kier molecular flexibility index (Phi) is 4.51. The SMILES string of the molecule is Cc1c(N(C)S(=O)(=O)c2ccccc2[N+](=O)[O-])cccc1[N+](=O)[O-]. The van der Waals surface area contributed by atoms with Crippen molar-refractivity contribution < 1.29 is 18.3 Å². The Morgan fingerprint density at radius 2 is 1.46 bits per heavy atom. The van der Waals surface area contributed by atoms with E-state index in [4.69, 9.17) is 0 Å². The zero-order valence-electron chi connectivity index (χ0n) is 12.7. The van der Waals surface area contributed by atoms with Crippen LogP contribution in [-0.2, 0) is 10.0 Å². The monoisotopic (exact) mass is 351 g/mol. The first-order chi connectivity index (χ1) is 11.2. The standard InChI is InChI=1S/C14H13N3O6S/c1-10-11(7-5-8-12(10)16(18)19)15(2)24(22,23)14-9-4-3-6-13(14)17(20)21/h3-9H,1-2H3. The number of para-hydroxylation sites is 1. The van der Waals surface area contributed by atoms with Gasteiger partial charge >= 0.3 is 0 Å². The molecule has 0 saturated heterocycles. The van der Waals surface area contributed by atoms with Crippen LogP contribution in [0.15, 0.2) is 47.4 Å². The van der Waals surface area contributed by atoms with Crippen LogP contribution in [-0.4, -0.2) is 25.3 Å². The van der Waals surface area contributed by atoms with E-state index in [9.17, 15) is 28.6 Å². The van der Waals surface area contributed by atoms with Crippen molar-refractivity contribution in [3.05, 3.63) is 68.3 Å². The Morgan fingerprint density at radius 3 is 2.04 bits per heavy atom. The normalized spacial score (nSPS) is 11.1. The number of benzene rings is 2. The lowest BCUT2D eigenvalue weighted by molar-refractivity contribution is -0.387. The van der Waals surface area contributed by atoms with Crippen LogP contribution in [0.5, 0.6) is 0 Å². The van der Waals surface area contributed by atoms with Gasteiger partial charge in [0.05, 0.1) is 21.1 Å². The molecule has 2 aromatic carbocycles. The lowest BCUT2D eigenvalue weighted by Crippen LogP contribution is -2.28. The van der Waals surface area contributed by atoms with Crippen LogP contribution in [0, 0.1) is 27.2 Å². The van der Waals surface area contributed by atoms with Gasteiger partial charge in [0, 0.05) is 19.2 Å². The molecular formula is C14H13N3O6S. The average molecular weight is 351 g/mol. The molecule has 9 nitrogen and oxygen atoms in total. The van der Waals surface area contributed by atoms with E-state index < -0.39 is 30.5 Å². The summed E-state index contributed by atoms with van der Waals surface area (Å²) in [7, 11) is -3.07. The van der Waals surface area contributed by atoms with Crippen molar-refractivity contribution >= 4 is 27.1 Å². The quantitative estimate of drug-likeness (QED) is 0.602. The summed E-state index contributed by atoms with van der Waals surface area (Å²) in [5, 5.41) is 22.1. The summed E-state index contributed by atoms with van der Waals surface area (Å²) < 4.78 is 26.3. The van der Waals surface area contributed by atoms with E-state index >= 15 is 0 Å². The van der Waals surface area contributed by atoms with Gasteiger partial charge in [-0.3, -0.25) is 24.5 Å². The van der Waals surface area contributed by atoms with Gasteiger partial charge in [0.2, 0.25) is 0 Å². The molecule has 0 amide bonds. The van der Waals surface area contributed by atoms with E-state index in [-0.39, 0.29) is 16.9 Å². The second-order valence-electron chi connectivity index (χ2n) is 4.88. The fourth-order valence-corrected chi connectivity index (χ4v) is 3.66. The van der Waals surface area contributed by atoms with Crippen LogP contribution in [0.3, 0.4) is 0 Å². The summed E-state index contributed by atoms with van der Waals surface area (Å²) in [4.78, 5) is 20.2. The summed E-state index contributed by atoms with van der Waals surface area (Å²) in [6.45, 7) is 1.42. The smallest absolute Gasteiger partial charge is 0.269 e. The summed E-state index contributed by atoms with van der Waals surface area (Å²) >= 11 is 0. The van der Waals surface area contributed by atoms with Crippen LogP contribution in [0.25, 0.3) is 0 Å². The molecule has 0 unspecified atom stereocenters. The molecule has 0 spiro atoms. The second kappa shape index (κ2) is 6.24. The number of nitro benzene ring substituents is 2. The van der Waals surface area contributed by atoms with Crippen LogP contribution in [0.2, 0.25) is 0 Å². The molecule has 0 fully saturated rings. The van der Waals surface area contributed by atoms with E-state index in [1.807, 2.05) is 0 Å². The first-order valence-electron chi connectivity index (χ1n) is 6.64. The van der Waals surface area contributed by atoms with Crippen LogP contribution < -0.4 is 4.31 Å². The molecule has 0 atom stereocenters. The van der Waals surface area contributed by atoms with E-state index in [0.29, 0.717) is 0 Å². The molecule has 0 aliphatic carbocycles. The Hall–Kier alpha value is -3.01. The number of hydrogen-bond donors (Lipinski definition) is 0. The molecule has 0 radical (unpaired) electrons. The van der Waals surface area contributed by atoms with Gasteiger partial charge in [-0.1, -0.05) is 18.2 Å². The molecular weight excluding hydrogens is 338 g/mol. The molecule has 0 aromatic heterocycles. The zero-order chi connectivity index (χ0) is 18.1. The third-order valence-electron chi connectivity index (χ3n) is 3.51. The Morgan fingerprint density at radius 1 is 0.917 bits per heavy atom. The van der Waals surface area contributed by atoms with Gasteiger partial charge in [0.15, 0.2) is 4.90 Å². The highest BCUT2D eigenvalue weighted by atomic mass is 32.2. The number of nitrogens with zero attached hydrogens (tertiary/aromatic N) is 3. The first kappa shape index (κ1) is 17.3. The number of rotatable bonds is 5. The fourth-order valence-electron chi connectivity index (χ4n) is 2.25. The third-order valence-corrected chi connectivity index (χ3v) is 5.33. The van der Waals surface area contributed by atoms with E-state index in [1.54, 1.807) is 0 Å². The molecule has 24 heavy (non-hydrogen) atoms. The number of nitro groups is 2. The van der Waals surface area contributed by atoms with Gasteiger partial charge in [-0.05, 0) is 19.1 Å².